The van der Waals surface area contributed by atoms with E-state index in [0.717, 1.165) is 6.29 Å². The molecule has 2 rings (SSSR count). The minimum Gasteiger partial charge on any atom is -0.368 e. The van der Waals surface area contributed by atoms with Crippen LogP contribution in [0.3, 0.4) is 0 Å². The number of fused-ring (bicyclic) bond motifs is 1. The van der Waals surface area contributed by atoms with Gasteiger partial charge in [-0.05, 0) is 26.7 Å². The van der Waals surface area contributed by atoms with E-state index in [1.807, 2.05) is 20.8 Å². The number of carbonyl (C=O) groups excluding carboxylic acids is 1. The van der Waals surface area contributed by atoms with E-state index in [1.165, 1.54) is 0 Å². The van der Waals surface area contributed by atoms with Gasteiger partial charge < -0.3 is 9.53 Å². The molecule has 4 unspecified atom stereocenters. The van der Waals surface area contributed by atoms with E-state index in [4.69, 9.17) is 4.74 Å². The van der Waals surface area contributed by atoms with Crippen LogP contribution in [0.5, 0.6) is 0 Å². The highest BCUT2D eigenvalue weighted by molar-refractivity contribution is 5.62. The number of rotatable bonds is 2. The summed E-state index contributed by atoms with van der Waals surface area (Å²) >= 11 is 0. The molecule has 72 valence electrons. The standard InChI is InChI=1S/C11H16O2/c1-11(2,3)13-9-5-4-7-8(6-12)10(7)9/h4-10H,1-3H3. The molecule has 2 heteroatoms. The van der Waals surface area contributed by atoms with Gasteiger partial charge in [-0.1, -0.05) is 12.2 Å². The quantitative estimate of drug-likeness (QED) is 0.478. The third kappa shape index (κ3) is 1.55. The molecule has 2 nitrogen and oxygen atoms in total. The Hall–Kier alpha value is -0.630. The third-order valence-electron chi connectivity index (χ3n) is 2.74. The van der Waals surface area contributed by atoms with Crippen LogP contribution in [-0.2, 0) is 9.53 Å². The summed E-state index contributed by atoms with van der Waals surface area (Å²) in [5.74, 6) is 1.15. The van der Waals surface area contributed by atoms with E-state index in [-0.39, 0.29) is 17.6 Å². The Bertz CT molecular complexity index is 245. The van der Waals surface area contributed by atoms with Crippen molar-refractivity contribution in [3.05, 3.63) is 12.2 Å². The number of hydrogen-bond acceptors (Lipinski definition) is 2. The number of allylic oxidation sites excluding steroid dienone is 1. The van der Waals surface area contributed by atoms with Gasteiger partial charge in [0, 0.05) is 11.8 Å². The fourth-order valence-electron chi connectivity index (χ4n) is 2.15. The maximum absolute atomic E-state index is 10.6. The average Bonchev–Trinajstić information content (AvgIpc) is 2.57. The first kappa shape index (κ1) is 8.95. The molecule has 0 spiro atoms. The molecule has 0 amide bonds. The second-order valence-electron chi connectivity index (χ2n) is 4.95. The summed E-state index contributed by atoms with van der Waals surface area (Å²) in [5, 5.41) is 0. The van der Waals surface area contributed by atoms with Crippen molar-refractivity contribution in [1.82, 2.24) is 0 Å². The molecule has 0 radical (unpaired) electrons. The fourth-order valence-corrected chi connectivity index (χ4v) is 2.15. The topological polar surface area (TPSA) is 26.3 Å². The fraction of sp³-hybridized carbons (Fsp3) is 0.727. The Morgan fingerprint density at radius 1 is 1.31 bits per heavy atom. The van der Waals surface area contributed by atoms with Crippen molar-refractivity contribution in [3.63, 3.8) is 0 Å². The van der Waals surface area contributed by atoms with Crippen molar-refractivity contribution in [2.45, 2.75) is 32.5 Å². The molecule has 13 heavy (non-hydrogen) atoms. The van der Waals surface area contributed by atoms with Crippen LogP contribution >= 0.6 is 0 Å². The predicted octanol–water partition coefficient (Wildman–Crippen LogP) is 1.80. The summed E-state index contributed by atoms with van der Waals surface area (Å²) in [6.07, 6.45) is 5.46. The summed E-state index contributed by atoms with van der Waals surface area (Å²) in [6, 6.07) is 0. The maximum Gasteiger partial charge on any atom is 0.124 e. The third-order valence-corrected chi connectivity index (χ3v) is 2.74. The van der Waals surface area contributed by atoms with Crippen LogP contribution in [0, 0.1) is 17.8 Å². The van der Waals surface area contributed by atoms with Gasteiger partial charge in [0.05, 0.1) is 11.7 Å². The van der Waals surface area contributed by atoms with Crippen molar-refractivity contribution >= 4 is 6.29 Å². The lowest BCUT2D eigenvalue weighted by Gasteiger charge is -2.24. The van der Waals surface area contributed by atoms with Gasteiger partial charge in [-0.3, -0.25) is 0 Å². The van der Waals surface area contributed by atoms with Gasteiger partial charge in [0.2, 0.25) is 0 Å². The molecule has 0 aromatic carbocycles. The monoisotopic (exact) mass is 180 g/mol. The molecule has 1 saturated carbocycles. The molecule has 0 aromatic rings. The summed E-state index contributed by atoms with van der Waals surface area (Å²) in [6.45, 7) is 6.14. The first-order valence-corrected chi connectivity index (χ1v) is 4.84. The highest BCUT2D eigenvalue weighted by atomic mass is 16.5. The van der Waals surface area contributed by atoms with E-state index in [0.29, 0.717) is 11.8 Å². The first-order valence-electron chi connectivity index (χ1n) is 4.84. The molecule has 1 fully saturated rings. The SMILES string of the molecule is CC(C)(C)OC1C=CC2C(C=O)C12. The number of hydrogen-bond donors (Lipinski definition) is 0. The van der Waals surface area contributed by atoms with Crippen molar-refractivity contribution in [2.24, 2.45) is 17.8 Å². The van der Waals surface area contributed by atoms with Gasteiger partial charge in [-0.2, -0.15) is 0 Å². The van der Waals surface area contributed by atoms with E-state index in [1.54, 1.807) is 0 Å². The molecular weight excluding hydrogens is 164 g/mol. The minimum atomic E-state index is -0.111. The smallest absolute Gasteiger partial charge is 0.124 e. The molecule has 2 aliphatic carbocycles. The number of ether oxygens (including phenoxy) is 1. The van der Waals surface area contributed by atoms with Gasteiger partial charge in [0.25, 0.3) is 0 Å². The lowest BCUT2D eigenvalue weighted by molar-refractivity contribution is -0.110. The lowest BCUT2D eigenvalue weighted by Crippen LogP contribution is -2.27. The molecule has 0 aliphatic heterocycles. The van der Waals surface area contributed by atoms with E-state index in [2.05, 4.69) is 12.2 Å². The molecule has 0 heterocycles. The van der Waals surface area contributed by atoms with Gasteiger partial charge in [0.15, 0.2) is 0 Å². The van der Waals surface area contributed by atoms with Crippen LogP contribution in [-0.4, -0.2) is 18.0 Å². The normalized spacial score (nSPS) is 41.8. The van der Waals surface area contributed by atoms with Crippen LogP contribution in [0.1, 0.15) is 20.8 Å². The van der Waals surface area contributed by atoms with Gasteiger partial charge in [0.1, 0.15) is 6.29 Å². The van der Waals surface area contributed by atoms with Gasteiger partial charge >= 0.3 is 0 Å². The zero-order chi connectivity index (χ0) is 9.64. The Kier molecular flexibility index (Phi) is 1.84. The van der Waals surface area contributed by atoms with Crippen molar-refractivity contribution in [1.29, 1.82) is 0 Å². The lowest BCUT2D eigenvalue weighted by atomic mass is 10.1. The minimum absolute atomic E-state index is 0.111. The summed E-state index contributed by atoms with van der Waals surface area (Å²) in [5.41, 5.74) is -0.111. The highest BCUT2D eigenvalue weighted by Crippen LogP contribution is 2.54. The Morgan fingerprint density at radius 2 is 2.00 bits per heavy atom. The Morgan fingerprint density at radius 3 is 2.46 bits per heavy atom. The second-order valence-corrected chi connectivity index (χ2v) is 4.95. The largest absolute Gasteiger partial charge is 0.368 e. The maximum atomic E-state index is 10.6. The average molecular weight is 180 g/mol. The summed E-state index contributed by atoms with van der Waals surface area (Å²) < 4.78 is 5.84. The van der Waals surface area contributed by atoms with Crippen molar-refractivity contribution in [2.75, 3.05) is 0 Å². The molecule has 0 aromatic heterocycles. The van der Waals surface area contributed by atoms with Gasteiger partial charge in [-0.25, -0.2) is 0 Å². The Labute approximate surface area is 79.0 Å². The molecule has 0 N–H and O–H groups in total. The van der Waals surface area contributed by atoms with E-state index >= 15 is 0 Å². The zero-order valence-corrected chi connectivity index (χ0v) is 8.36. The van der Waals surface area contributed by atoms with Crippen LogP contribution < -0.4 is 0 Å². The zero-order valence-electron chi connectivity index (χ0n) is 8.36. The van der Waals surface area contributed by atoms with Gasteiger partial charge in [-0.15, -0.1) is 0 Å². The van der Waals surface area contributed by atoms with Crippen molar-refractivity contribution in [3.8, 4) is 0 Å². The molecular formula is C11H16O2. The second kappa shape index (κ2) is 2.68. The highest BCUT2D eigenvalue weighted by Gasteiger charge is 2.56. The van der Waals surface area contributed by atoms with Crippen LogP contribution in [0.25, 0.3) is 0 Å². The number of carbonyl (C=O) groups is 1. The van der Waals surface area contributed by atoms with E-state index in [9.17, 15) is 4.79 Å². The van der Waals surface area contributed by atoms with E-state index < -0.39 is 0 Å². The molecule has 2 aliphatic rings. The first-order chi connectivity index (χ1) is 6.03. The Balaban J connectivity index is 1.97. The number of aldehydes is 1. The van der Waals surface area contributed by atoms with Crippen LogP contribution in [0.2, 0.25) is 0 Å². The van der Waals surface area contributed by atoms with Crippen LogP contribution in [0.4, 0.5) is 0 Å². The molecule has 4 atom stereocenters. The summed E-state index contributed by atoms with van der Waals surface area (Å²) in [4.78, 5) is 10.6. The molecule has 0 bridgehead atoms. The predicted molar refractivity (Wildman–Crippen MR) is 50.3 cm³/mol. The van der Waals surface area contributed by atoms with Crippen molar-refractivity contribution < 1.29 is 9.53 Å². The summed E-state index contributed by atoms with van der Waals surface area (Å²) in [7, 11) is 0. The van der Waals surface area contributed by atoms with Crippen LogP contribution in [0.15, 0.2) is 12.2 Å². The molecule has 0 saturated heterocycles.